The fourth-order valence-electron chi connectivity index (χ4n) is 3.76. The average Bonchev–Trinajstić information content (AvgIpc) is 3.46. The summed E-state index contributed by atoms with van der Waals surface area (Å²) in [4.78, 5) is 30.8. The van der Waals surface area contributed by atoms with Crippen LogP contribution in [0.25, 0.3) is 6.08 Å². The van der Waals surface area contributed by atoms with E-state index in [2.05, 4.69) is 16.3 Å². The maximum absolute atomic E-state index is 13.1. The number of hydrogen-bond donors (Lipinski definition) is 0. The minimum absolute atomic E-state index is 0.0346. The highest BCUT2D eigenvalue weighted by Crippen LogP contribution is 2.32. The predicted molar refractivity (Wildman–Crippen MR) is 113 cm³/mol. The third kappa shape index (κ3) is 4.71. The van der Waals surface area contributed by atoms with Gasteiger partial charge in [-0.1, -0.05) is 36.4 Å². The van der Waals surface area contributed by atoms with E-state index in [1.807, 2.05) is 47.4 Å². The van der Waals surface area contributed by atoms with E-state index in [1.165, 1.54) is 4.88 Å². The standard InChI is InChI=1S/C23H26N2O2S/c26-22(11-8-18-5-2-1-3-6-18)24-14-12-19(13-15-24)23(27)25(20-9-10-20)17-21-7-4-16-28-21/h1-8,11,16,19-20H,9-10,12-15,17H2/b11-8+. The van der Waals surface area contributed by atoms with Gasteiger partial charge in [-0.25, -0.2) is 0 Å². The molecule has 0 spiro atoms. The smallest absolute Gasteiger partial charge is 0.246 e. The van der Waals surface area contributed by atoms with E-state index in [0.29, 0.717) is 19.1 Å². The van der Waals surface area contributed by atoms with Crippen LogP contribution < -0.4 is 0 Å². The van der Waals surface area contributed by atoms with Gasteiger partial charge < -0.3 is 9.80 Å². The number of thiophene rings is 1. The van der Waals surface area contributed by atoms with Gasteiger partial charge in [0.05, 0.1) is 6.54 Å². The Morgan fingerprint density at radius 3 is 2.43 bits per heavy atom. The molecule has 4 rings (SSSR count). The first-order valence-corrected chi connectivity index (χ1v) is 10.9. The molecule has 28 heavy (non-hydrogen) atoms. The Morgan fingerprint density at radius 1 is 1.04 bits per heavy atom. The number of amides is 2. The third-order valence-corrected chi connectivity index (χ3v) is 6.41. The lowest BCUT2D eigenvalue weighted by atomic mass is 9.95. The van der Waals surface area contributed by atoms with Crippen LogP contribution >= 0.6 is 11.3 Å². The second-order valence-electron chi connectivity index (χ2n) is 7.62. The lowest BCUT2D eigenvalue weighted by molar-refractivity contribution is -0.140. The van der Waals surface area contributed by atoms with Crippen LogP contribution in [-0.2, 0) is 16.1 Å². The molecule has 1 saturated carbocycles. The molecule has 1 aromatic heterocycles. The van der Waals surface area contributed by atoms with Gasteiger partial charge in [0.25, 0.3) is 0 Å². The number of likely N-dealkylation sites (tertiary alicyclic amines) is 1. The van der Waals surface area contributed by atoms with Crippen molar-refractivity contribution in [2.45, 2.75) is 38.3 Å². The fourth-order valence-corrected chi connectivity index (χ4v) is 4.46. The summed E-state index contributed by atoms with van der Waals surface area (Å²) in [5.41, 5.74) is 1.02. The Balaban J connectivity index is 1.31. The van der Waals surface area contributed by atoms with E-state index in [-0.39, 0.29) is 17.7 Å². The maximum atomic E-state index is 13.1. The average molecular weight is 395 g/mol. The summed E-state index contributed by atoms with van der Waals surface area (Å²) in [6.45, 7) is 2.05. The first kappa shape index (κ1) is 18.9. The number of benzene rings is 1. The largest absolute Gasteiger partial charge is 0.339 e. The summed E-state index contributed by atoms with van der Waals surface area (Å²) in [6, 6.07) is 14.4. The molecule has 1 aliphatic heterocycles. The lowest BCUT2D eigenvalue weighted by Gasteiger charge is -2.34. The highest BCUT2D eigenvalue weighted by molar-refractivity contribution is 7.09. The number of rotatable bonds is 6. The molecule has 0 N–H and O–H groups in total. The van der Waals surface area contributed by atoms with E-state index in [9.17, 15) is 9.59 Å². The number of nitrogens with zero attached hydrogens (tertiary/aromatic N) is 2. The summed E-state index contributed by atoms with van der Waals surface area (Å²) in [5, 5.41) is 2.07. The maximum Gasteiger partial charge on any atom is 0.246 e. The molecule has 2 fully saturated rings. The zero-order chi connectivity index (χ0) is 19.3. The molecule has 0 atom stereocenters. The van der Waals surface area contributed by atoms with Crippen molar-refractivity contribution in [3.05, 3.63) is 64.4 Å². The quantitative estimate of drug-likeness (QED) is 0.689. The van der Waals surface area contributed by atoms with E-state index >= 15 is 0 Å². The van der Waals surface area contributed by atoms with Crippen molar-refractivity contribution in [3.8, 4) is 0 Å². The Labute approximate surface area is 170 Å². The first-order valence-electron chi connectivity index (χ1n) is 10.1. The van der Waals surface area contributed by atoms with Gasteiger partial charge in [0.1, 0.15) is 0 Å². The highest BCUT2D eigenvalue weighted by Gasteiger charge is 2.37. The van der Waals surface area contributed by atoms with Crippen LogP contribution in [-0.4, -0.2) is 40.7 Å². The SMILES string of the molecule is O=C(/C=C/c1ccccc1)N1CCC(C(=O)N(Cc2cccs2)C2CC2)CC1. The van der Waals surface area contributed by atoms with Crippen molar-refractivity contribution in [2.24, 2.45) is 5.92 Å². The molecular weight excluding hydrogens is 368 g/mol. The molecule has 1 aliphatic carbocycles. The molecule has 0 radical (unpaired) electrons. The van der Waals surface area contributed by atoms with Crippen LogP contribution in [0, 0.1) is 5.92 Å². The van der Waals surface area contributed by atoms with Crippen LogP contribution in [0.1, 0.15) is 36.1 Å². The molecule has 1 aromatic carbocycles. The van der Waals surface area contributed by atoms with Crippen LogP contribution in [0.3, 0.4) is 0 Å². The summed E-state index contributed by atoms with van der Waals surface area (Å²) < 4.78 is 0. The second kappa shape index (κ2) is 8.74. The number of hydrogen-bond acceptors (Lipinski definition) is 3. The molecule has 2 aliphatic rings. The number of carbonyl (C=O) groups is 2. The number of carbonyl (C=O) groups excluding carboxylic acids is 2. The van der Waals surface area contributed by atoms with Crippen molar-refractivity contribution < 1.29 is 9.59 Å². The van der Waals surface area contributed by atoms with Crippen molar-refractivity contribution in [2.75, 3.05) is 13.1 Å². The Morgan fingerprint density at radius 2 is 1.79 bits per heavy atom. The van der Waals surface area contributed by atoms with Crippen molar-refractivity contribution >= 4 is 29.2 Å². The third-order valence-electron chi connectivity index (χ3n) is 5.55. The van der Waals surface area contributed by atoms with Gasteiger partial charge in [0.2, 0.25) is 11.8 Å². The van der Waals surface area contributed by atoms with E-state index in [1.54, 1.807) is 17.4 Å². The minimum Gasteiger partial charge on any atom is -0.339 e. The fraction of sp³-hybridized carbons (Fsp3) is 0.391. The van der Waals surface area contributed by atoms with Crippen LogP contribution in [0.4, 0.5) is 0 Å². The van der Waals surface area contributed by atoms with E-state index in [4.69, 9.17) is 0 Å². The van der Waals surface area contributed by atoms with Gasteiger partial charge in [-0.3, -0.25) is 9.59 Å². The van der Waals surface area contributed by atoms with Gasteiger partial charge in [0.15, 0.2) is 0 Å². The van der Waals surface area contributed by atoms with E-state index < -0.39 is 0 Å². The second-order valence-corrected chi connectivity index (χ2v) is 8.65. The molecule has 2 aromatic rings. The van der Waals surface area contributed by atoms with Crippen molar-refractivity contribution in [1.82, 2.24) is 9.80 Å². The zero-order valence-electron chi connectivity index (χ0n) is 16.0. The van der Waals surface area contributed by atoms with Crippen LogP contribution in [0.5, 0.6) is 0 Å². The van der Waals surface area contributed by atoms with Crippen molar-refractivity contribution in [1.29, 1.82) is 0 Å². The zero-order valence-corrected chi connectivity index (χ0v) is 16.8. The minimum atomic E-state index is 0.0346. The van der Waals surface area contributed by atoms with Crippen LogP contribution in [0.2, 0.25) is 0 Å². The molecule has 0 unspecified atom stereocenters. The molecule has 2 heterocycles. The number of piperidine rings is 1. The molecule has 1 saturated heterocycles. The summed E-state index contributed by atoms with van der Waals surface area (Å²) >= 11 is 1.71. The molecule has 5 heteroatoms. The van der Waals surface area contributed by atoms with Crippen molar-refractivity contribution in [3.63, 3.8) is 0 Å². The molecule has 146 valence electrons. The van der Waals surface area contributed by atoms with Gasteiger partial charge >= 0.3 is 0 Å². The normalized spacial score (nSPS) is 17.8. The van der Waals surface area contributed by atoms with Gasteiger partial charge in [0, 0.05) is 36.0 Å². The first-order chi connectivity index (χ1) is 13.7. The van der Waals surface area contributed by atoms with Gasteiger partial charge in [-0.15, -0.1) is 11.3 Å². The topological polar surface area (TPSA) is 40.6 Å². The predicted octanol–water partition coefficient (Wildman–Crippen LogP) is 4.19. The Hall–Kier alpha value is -2.40. The molecule has 2 amide bonds. The van der Waals surface area contributed by atoms with Gasteiger partial charge in [-0.05, 0) is 48.8 Å². The molecule has 0 bridgehead atoms. The summed E-state index contributed by atoms with van der Waals surface area (Å²) in [5.74, 6) is 0.359. The van der Waals surface area contributed by atoms with E-state index in [0.717, 1.165) is 37.8 Å². The molecule has 4 nitrogen and oxygen atoms in total. The van der Waals surface area contributed by atoms with Crippen LogP contribution in [0.15, 0.2) is 53.9 Å². The lowest BCUT2D eigenvalue weighted by Crippen LogP contribution is -2.44. The Kier molecular flexibility index (Phi) is 5.91. The highest BCUT2D eigenvalue weighted by atomic mass is 32.1. The summed E-state index contributed by atoms with van der Waals surface area (Å²) in [7, 11) is 0. The monoisotopic (exact) mass is 394 g/mol. The Bertz CT molecular complexity index is 820. The summed E-state index contributed by atoms with van der Waals surface area (Å²) in [6.07, 6.45) is 7.27. The van der Waals surface area contributed by atoms with Gasteiger partial charge in [-0.2, -0.15) is 0 Å². The molecular formula is C23H26N2O2S.